The number of rotatable bonds is 1. The van der Waals surface area contributed by atoms with E-state index in [2.05, 4.69) is 13.8 Å². The lowest BCUT2D eigenvalue weighted by Crippen LogP contribution is -2.33. The zero-order valence-electron chi connectivity index (χ0n) is 8.50. The predicted molar refractivity (Wildman–Crippen MR) is 49.8 cm³/mol. The third-order valence-corrected chi connectivity index (χ3v) is 2.55. The summed E-state index contributed by atoms with van der Waals surface area (Å²) in [7, 11) is 0. The molecule has 1 amide bonds. The van der Waals surface area contributed by atoms with Gasteiger partial charge in [-0.2, -0.15) is 5.26 Å². The van der Waals surface area contributed by atoms with Gasteiger partial charge in [-0.1, -0.05) is 13.8 Å². The van der Waals surface area contributed by atoms with Crippen LogP contribution in [0.4, 0.5) is 0 Å². The van der Waals surface area contributed by atoms with Gasteiger partial charge in [0.2, 0.25) is 5.91 Å². The Bertz CT molecular complexity index is 252. The zero-order valence-corrected chi connectivity index (χ0v) is 8.50. The van der Waals surface area contributed by atoms with E-state index >= 15 is 0 Å². The summed E-state index contributed by atoms with van der Waals surface area (Å²) in [5.41, 5.74) is 0.227. The van der Waals surface area contributed by atoms with Crippen LogP contribution in [0.2, 0.25) is 0 Å². The lowest BCUT2D eigenvalue weighted by atomic mass is 9.93. The van der Waals surface area contributed by atoms with Crippen molar-refractivity contribution in [1.82, 2.24) is 4.90 Å². The lowest BCUT2D eigenvalue weighted by Gasteiger charge is -2.20. The molecule has 1 unspecified atom stereocenters. The molecule has 1 atom stereocenters. The first kappa shape index (κ1) is 10.0. The number of carbonyl (C=O) groups is 1. The molecule has 0 spiro atoms. The normalized spacial score (nSPS) is 22.5. The molecule has 1 saturated heterocycles. The number of nitrogens with zero attached hydrogens (tertiary/aromatic N) is 2. The number of hydrogen-bond donors (Lipinski definition) is 0. The van der Waals surface area contributed by atoms with Gasteiger partial charge in [0, 0.05) is 13.1 Å². The minimum absolute atomic E-state index is 0.0203. The monoisotopic (exact) mass is 180 g/mol. The van der Waals surface area contributed by atoms with Crippen LogP contribution in [0.1, 0.15) is 27.2 Å². The quantitative estimate of drug-likeness (QED) is 0.612. The molecule has 0 bridgehead atoms. The number of likely N-dealkylation sites (tertiary alicyclic amines) is 1. The van der Waals surface area contributed by atoms with E-state index in [1.54, 1.807) is 11.8 Å². The van der Waals surface area contributed by atoms with Crippen LogP contribution in [0.3, 0.4) is 0 Å². The number of carbonyl (C=O) groups excluding carboxylic acids is 1. The molecular formula is C10H16N2O. The van der Waals surface area contributed by atoms with Crippen molar-refractivity contribution in [2.45, 2.75) is 27.2 Å². The van der Waals surface area contributed by atoms with Crippen molar-refractivity contribution in [3.05, 3.63) is 0 Å². The average Bonchev–Trinajstić information content (AvgIpc) is 2.43. The summed E-state index contributed by atoms with van der Waals surface area (Å²) in [6.45, 7) is 7.55. The van der Waals surface area contributed by atoms with Crippen LogP contribution >= 0.6 is 0 Å². The van der Waals surface area contributed by atoms with Gasteiger partial charge in [-0.25, -0.2) is 0 Å². The fourth-order valence-corrected chi connectivity index (χ4v) is 1.63. The molecule has 0 aromatic heterocycles. The van der Waals surface area contributed by atoms with Gasteiger partial charge in [-0.15, -0.1) is 0 Å². The van der Waals surface area contributed by atoms with Crippen LogP contribution < -0.4 is 0 Å². The molecule has 0 saturated carbocycles. The summed E-state index contributed by atoms with van der Waals surface area (Å²) < 4.78 is 0. The highest BCUT2D eigenvalue weighted by Gasteiger charge is 2.33. The Morgan fingerprint density at radius 1 is 1.62 bits per heavy atom. The summed E-state index contributed by atoms with van der Waals surface area (Å²) in [5.74, 6) is -0.512. The van der Waals surface area contributed by atoms with Gasteiger partial charge >= 0.3 is 0 Å². The van der Waals surface area contributed by atoms with Crippen molar-refractivity contribution in [3.63, 3.8) is 0 Å². The third-order valence-electron chi connectivity index (χ3n) is 2.55. The second-order valence-electron chi connectivity index (χ2n) is 4.52. The summed E-state index contributed by atoms with van der Waals surface area (Å²) in [4.78, 5) is 13.4. The van der Waals surface area contributed by atoms with Crippen LogP contribution in [0.25, 0.3) is 0 Å². The largest absolute Gasteiger partial charge is 0.341 e. The van der Waals surface area contributed by atoms with Crippen molar-refractivity contribution < 1.29 is 4.79 Å². The fraction of sp³-hybridized carbons (Fsp3) is 0.800. The minimum atomic E-state index is -0.492. The third kappa shape index (κ3) is 2.21. The van der Waals surface area contributed by atoms with Crippen molar-refractivity contribution in [2.75, 3.05) is 13.1 Å². The van der Waals surface area contributed by atoms with Gasteiger partial charge in [-0.3, -0.25) is 4.79 Å². The van der Waals surface area contributed by atoms with Gasteiger partial charge in [0.25, 0.3) is 0 Å². The highest BCUT2D eigenvalue weighted by Crippen LogP contribution is 2.29. The van der Waals surface area contributed by atoms with Gasteiger partial charge in [0.1, 0.15) is 5.92 Å². The fourth-order valence-electron chi connectivity index (χ4n) is 1.63. The molecule has 0 radical (unpaired) electrons. The lowest BCUT2D eigenvalue weighted by molar-refractivity contribution is -0.132. The first-order valence-corrected chi connectivity index (χ1v) is 4.65. The molecule has 1 rings (SSSR count). The Labute approximate surface area is 79.3 Å². The highest BCUT2D eigenvalue weighted by molar-refractivity contribution is 5.81. The van der Waals surface area contributed by atoms with Crippen LogP contribution in [-0.4, -0.2) is 23.9 Å². The van der Waals surface area contributed by atoms with E-state index in [1.165, 1.54) is 0 Å². The number of nitriles is 1. The van der Waals surface area contributed by atoms with E-state index in [-0.39, 0.29) is 11.3 Å². The van der Waals surface area contributed by atoms with E-state index in [0.717, 1.165) is 19.5 Å². The maximum absolute atomic E-state index is 11.6. The molecule has 1 aliphatic heterocycles. The van der Waals surface area contributed by atoms with Crippen molar-refractivity contribution in [3.8, 4) is 6.07 Å². The Hall–Kier alpha value is -1.04. The zero-order chi connectivity index (χ0) is 10.1. The summed E-state index contributed by atoms with van der Waals surface area (Å²) in [5, 5.41) is 8.60. The van der Waals surface area contributed by atoms with E-state index < -0.39 is 5.92 Å². The summed E-state index contributed by atoms with van der Waals surface area (Å²) in [6, 6.07) is 1.98. The van der Waals surface area contributed by atoms with Gasteiger partial charge in [0.05, 0.1) is 6.07 Å². The van der Waals surface area contributed by atoms with E-state index in [0.29, 0.717) is 0 Å². The van der Waals surface area contributed by atoms with Crippen LogP contribution in [-0.2, 0) is 4.79 Å². The summed E-state index contributed by atoms with van der Waals surface area (Å²) in [6.07, 6.45) is 1.04. The SMILES string of the molecule is CC(C#N)C(=O)N1CCC(C)(C)C1. The van der Waals surface area contributed by atoms with E-state index in [1.807, 2.05) is 6.07 Å². The molecule has 0 N–H and O–H groups in total. The molecule has 72 valence electrons. The molecule has 0 aromatic rings. The Morgan fingerprint density at radius 2 is 2.23 bits per heavy atom. The molecule has 13 heavy (non-hydrogen) atoms. The van der Waals surface area contributed by atoms with E-state index in [4.69, 9.17) is 5.26 Å². The molecule has 1 aliphatic rings. The second-order valence-corrected chi connectivity index (χ2v) is 4.52. The molecule has 3 heteroatoms. The Morgan fingerprint density at radius 3 is 2.62 bits per heavy atom. The predicted octanol–water partition coefficient (Wildman–Crippen LogP) is 1.40. The maximum atomic E-state index is 11.6. The standard InChI is InChI=1S/C10H16N2O/c1-8(6-11)9(13)12-5-4-10(2,3)7-12/h8H,4-5,7H2,1-3H3. The molecule has 3 nitrogen and oxygen atoms in total. The maximum Gasteiger partial charge on any atom is 0.239 e. The van der Waals surface area contributed by atoms with Crippen LogP contribution in [0, 0.1) is 22.7 Å². The number of amides is 1. The molecular weight excluding hydrogens is 164 g/mol. The van der Waals surface area contributed by atoms with Gasteiger partial charge < -0.3 is 4.90 Å². The second kappa shape index (κ2) is 3.37. The van der Waals surface area contributed by atoms with Gasteiger partial charge in [-0.05, 0) is 18.8 Å². The average molecular weight is 180 g/mol. The molecule has 0 aliphatic carbocycles. The van der Waals surface area contributed by atoms with Crippen LogP contribution in [0.5, 0.6) is 0 Å². The summed E-state index contributed by atoms with van der Waals surface area (Å²) >= 11 is 0. The molecule has 1 heterocycles. The first-order valence-electron chi connectivity index (χ1n) is 4.65. The first-order chi connectivity index (χ1) is 5.96. The Kier molecular flexibility index (Phi) is 2.60. The van der Waals surface area contributed by atoms with Crippen molar-refractivity contribution >= 4 is 5.91 Å². The smallest absolute Gasteiger partial charge is 0.239 e. The van der Waals surface area contributed by atoms with Crippen molar-refractivity contribution in [1.29, 1.82) is 5.26 Å². The van der Waals surface area contributed by atoms with Gasteiger partial charge in [0.15, 0.2) is 0 Å². The topological polar surface area (TPSA) is 44.1 Å². The molecule has 0 aromatic carbocycles. The van der Waals surface area contributed by atoms with E-state index in [9.17, 15) is 4.79 Å². The minimum Gasteiger partial charge on any atom is -0.341 e. The molecule has 1 fully saturated rings. The van der Waals surface area contributed by atoms with Crippen LogP contribution in [0.15, 0.2) is 0 Å². The highest BCUT2D eigenvalue weighted by atomic mass is 16.2. The van der Waals surface area contributed by atoms with Crippen molar-refractivity contribution in [2.24, 2.45) is 11.3 Å². The number of hydrogen-bond acceptors (Lipinski definition) is 2. The Balaban J connectivity index is 2.58.